The Kier molecular flexibility index (Phi) is 11.3. The van der Waals surface area contributed by atoms with E-state index >= 15 is 0 Å². The van der Waals surface area contributed by atoms with Crippen LogP contribution in [0.25, 0.3) is 17.0 Å². The van der Waals surface area contributed by atoms with Crippen molar-refractivity contribution in [2.24, 2.45) is 29.6 Å². The fourth-order valence-corrected chi connectivity index (χ4v) is 8.88. The molecule has 2 atom stereocenters. The second-order valence-electron chi connectivity index (χ2n) is 14.8. The molecule has 2 aliphatic carbocycles. The van der Waals surface area contributed by atoms with Crippen LogP contribution in [0.4, 0.5) is 0 Å². The number of amides is 2. The standard InChI is InChI=1S/C40H50N4O4S/c1-4-26-5-9-28(10-6-26)29-13-15-30(16-14-29)32-21-41-37(42-22-32)31-11-7-27(8-12-31)20-35(39(46)44-23-33(24-44)40(47)48)43-38(45)36-18-17-34(49-36)19-25(2)3/h7-8,11-12,15,17-18,21-22,25-26,28-29,33,35H,4-6,9-10,13-14,16,19-20,23-24H2,1-3H3,(H,43,45)(H,47,48)/t26-,28-,29?,35-/m0/s1. The number of hydrogen-bond acceptors (Lipinski definition) is 6. The number of carbonyl (C=O) groups excluding carboxylic acids is 2. The summed E-state index contributed by atoms with van der Waals surface area (Å²) < 4.78 is 0. The van der Waals surface area contributed by atoms with E-state index in [1.165, 1.54) is 60.3 Å². The number of benzene rings is 1. The number of rotatable bonds is 12. The van der Waals surface area contributed by atoms with Crippen molar-refractivity contribution in [1.29, 1.82) is 0 Å². The van der Waals surface area contributed by atoms with Crippen LogP contribution in [0.1, 0.15) is 97.8 Å². The minimum absolute atomic E-state index is 0.155. The minimum Gasteiger partial charge on any atom is -0.481 e. The SMILES string of the molecule is CC[C@H]1CC[C@H](C2CC=C(c3cnc(-c4ccc(C[C@H](NC(=O)c5ccc(CC(C)C)s5)C(=O)N5CC(C(=O)O)C5)cc4)nc3)CC2)CC1. The molecule has 0 spiro atoms. The van der Waals surface area contributed by atoms with Gasteiger partial charge in [-0.1, -0.05) is 70.4 Å². The van der Waals surface area contributed by atoms with Gasteiger partial charge in [-0.2, -0.15) is 0 Å². The smallest absolute Gasteiger partial charge is 0.310 e. The summed E-state index contributed by atoms with van der Waals surface area (Å²) in [6.07, 6.45) is 17.9. The molecule has 8 nitrogen and oxygen atoms in total. The number of nitrogens with one attached hydrogen (secondary N) is 1. The van der Waals surface area contributed by atoms with Gasteiger partial charge in [-0.25, -0.2) is 9.97 Å². The summed E-state index contributed by atoms with van der Waals surface area (Å²) in [5, 5.41) is 12.3. The van der Waals surface area contributed by atoms with Gasteiger partial charge in [0.15, 0.2) is 5.82 Å². The van der Waals surface area contributed by atoms with Crippen LogP contribution in [0.3, 0.4) is 0 Å². The highest BCUT2D eigenvalue weighted by atomic mass is 32.1. The van der Waals surface area contributed by atoms with Crippen molar-refractivity contribution in [1.82, 2.24) is 20.2 Å². The lowest BCUT2D eigenvalue weighted by molar-refractivity contribution is -0.153. The first kappa shape index (κ1) is 35.0. The van der Waals surface area contributed by atoms with Gasteiger partial charge >= 0.3 is 5.97 Å². The first-order valence-corrected chi connectivity index (χ1v) is 19.0. The van der Waals surface area contributed by atoms with Gasteiger partial charge < -0.3 is 15.3 Å². The Morgan fingerprint density at radius 2 is 1.63 bits per heavy atom. The van der Waals surface area contributed by atoms with Gasteiger partial charge in [-0.05, 0) is 85.5 Å². The highest BCUT2D eigenvalue weighted by Gasteiger charge is 2.39. The number of hydrogen-bond donors (Lipinski definition) is 2. The third-order valence-corrected chi connectivity index (χ3v) is 12.0. The lowest BCUT2D eigenvalue weighted by Gasteiger charge is -2.38. The topological polar surface area (TPSA) is 112 Å². The van der Waals surface area contributed by atoms with Gasteiger partial charge in [0.25, 0.3) is 5.91 Å². The van der Waals surface area contributed by atoms with Crippen molar-refractivity contribution < 1.29 is 19.5 Å². The average Bonchev–Trinajstić information content (AvgIpc) is 3.56. The Labute approximate surface area is 294 Å². The molecule has 3 aromatic rings. The van der Waals surface area contributed by atoms with E-state index in [4.69, 9.17) is 9.97 Å². The van der Waals surface area contributed by atoms with E-state index in [1.54, 1.807) is 0 Å². The number of carboxylic acids is 1. The molecule has 1 aromatic carbocycles. The molecule has 1 saturated carbocycles. The summed E-state index contributed by atoms with van der Waals surface area (Å²) in [6, 6.07) is 10.8. The van der Waals surface area contributed by atoms with E-state index in [2.05, 4.69) is 32.2 Å². The van der Waals surface area contributed by atoms with Gasteiger partial charge in [0, 0.05) is 47.9 Å². The molecule has 2 fully saturated rings. The van der Waals surface area contributed by atoms with Crippen molar-refractivity contribution in [3.63, 3.8) is 0 Å². The van der Waals surface area contributed by atoms with E-state index in [1.807, 2.05) is 48.8 Å². The first-order chi connectivity index (χ1) is 23.7. The molecule has 3 aliphatic rings. The molecule has 260 valence electrons. The van der Waals surface area contributed by atoms with Crippen molar-refractivity contribution >= 4 is 34.7 Å². The summed E-state index contributed by atoms with van der Waals surface area (Å²) in [7, 11) is 0. The quantitative estimate of drug-likeness (QED) is 0.203. The van der Waals surface area contributed by atoms with Gasteiger partial charge in [-0.3, -0.25) is 14.4 Å². The normalized spacial score (nSPS) is 21.9. The van der Waals surface area contributed by atoms with E-state index < -0.39 is 17.9 Å². The monoisotopic (exact) mass is 682 g/mol. The Bertz CT molecular complexity index is 1630. The van der Waals surface area contributed by atoms with E-state index in [0.717, 1.165) is 58.6 Å². The van der Waals surface area contributed by atoms with Crippen molar-refractivity contribution in [3.05, 3.63) is 75.7 Å². The zero-order chi connectivity index (χ0) is 34.5. The van der Waals surface area contributed by atoms with Crippen LogP contribution in [-0.4, -0.2) is 56.9 Å². The molecular weight excluding hydrogens is 633 g/mol. The zero-order valence-electron chi connectivity index (χ0n) is 29.1. The number of carboxylic acid groups (broad SMARTS) is 1. The maximum atomic E-state index is 13.5. The lowest BCUT2D eigenvalue weighted by Crippen LogP contribution is -2.59. The predicted octanol–water partition coefficient (Wildman–Crippen LogP) is 7.69. The molecule has 6 rings (SSSR count). The molecule has 49 heavy (non-hydrogen) atoms. The van der Waals surface area contributed by atoms with Gasteiger partial charge in [0.05, 0.1) is 10.8 Å². The molecular formula is C40H50N4O4S. The highest BCUT2D eigenvalue weighted by molar-refractivity contribution is 7.14. The molecule has 3 heterocycles. The highest BCUT2D eigenvalue weighted by Crippen LogP contribution is 2.41. The summed E-state index contributed by atoms with van der Waals surface area (Å²) in [6.45, 7) is 6.92. The molecule has 1 unspecified atom stereocenters. The Hall–Kier alpha value is -3.85. The van der Waals surface area contributed by atoms with Crippen molar-refractivity contribution in [2.45, 2.75) is 91.0 Å². The van der Waals surface area contributed by atoms with Crippen LogP contribution in [-0.2, 0) is 22.4 Å². The fourth-order valence-electron chi connectivity index (χ4n) is 7.76. The largest absolute Gasteiger partial charge is 0.481 e. The maximum Gasteiger partial charge on any atom is 0.310 e. The third kappa shape index (κ3) is 8.66. The van der Waals surface area contributed by atoms with E-state index in [-0.39, 0.29) is 31.3 Å². The molecule has 1 aliphatic heterocycles. The summed E-state index contributed by atoms with van der Waals surface area (Å²) >= 11 is 1.45. The molecule has 0 radical (unpaired) electrons. The number of aliphatic carboxylic acids is 1. The van der Waals surface area contributed by atoms with Crippen LogP contribution in [0.5, 0.6) is 0 Å². The van der Waals surface area contributed by atoms with Gasteiger partial charge in [0.2, 0.25) is 5.91 Å². The van der Waals surface area contributed by atoms with E-state index in [0.29, 0.717) is 16.6 Å². The zero-order valence-corrected chi connectivity index (χ0v) is 29.9. The number of likely N-dealkylation sites (tertiary alicyclic amines) is 1. The number of carbonyl (C=O) groups is 3. The predicted molar refractivity (Wildman–Crippen MR) is 194 cm³/mol. The fraction of sp³-hybridized carbons (Fsp3) is 0.525. The van der Waals surface area contributed by atoms with Crippen LogP contribution in [0, 0.1) is 29.6 Å². The molecule has 2 N–H and O–H groups in total. The lowest BCUT2D eigenvalue weighted by atomic mass is 9.71. The maximum absolute atomic E-state index is 13.5. The summed E-state index contributed by atoms with van der Waals surface area (Å²) in [5.41, 5.74) is 4.22. The van der Waals surface area contributed by atoms with E-state index in [9.17, 15) is 19.5 Å². The average molecular weight is 683 g/mol. The minimum atomic E-state index is -0.907. The number of allylic oxidation sites excluding steroid dienone is 2. The second-order valence-corrected chi connectivity index (χ2v) is 16.0. The molecule has 2 aromatic heterocycles. The summed E-state index contributed by atoms with van der Waals surface area (Å²) in [5.74, 6) is 1.74. The Morgan fingerprint density at radius 3 is 2.24 bits per heavy atom. The number of nitrogens with zero attached hydrogens (tertiary/aromatic N) is 3. The first-order valence-electron chi connectivity index (χ1n) is 18.2. The van der Waals surface area contributed by atoms with Gasteiger partial charge in [-0.15, -0.1) is 11.3 Å². The van der Waals surface area contributed by atoms with Crippen molar-refractivity contribution in [2.75, 3.05) is 13.1 Å². The molecule has 1 saturated heterocycles. The third-order valence-electron chi connectivity index (χ3n) is 10.9. The van der Waals surface area contributed by atoms with Crippen molar-refractivity contribution in [3.8, 4) is 11.4 Å². The van der Waals surface area contributed by atoms with Crippen LogP contribution in [0.2, 0.25) is 0 Å². The number of aromatic nitrogens is 2. The van der Waals surface area contributed by atoms with Crippen LogP contribution < -0.4 is 5.32 Å². The van der Waals surface area contributed by atoms with Crippen LogP contribution in [0.15, 0.2) is 54.9 Å². The molecule has 2 amide bonds. The summed E-state index contributed by atoms with van der Waals surface area (Å²) in [4.78, 5) is 50.7. The Balaban J connectivity index is 1.08. The Morgan fingerprint density at radius 1 is 0.918 bits per heavy atom. The van der Waals surface area contributed by atoms with Gasteiger partial charge in [0.1, 0.15) is 6.04 Å². The van der Waals surface area contributed by atoms with Crippen LogP contribution >= 0.6 is 11.3 Å². The second kappa shape index (κ2) is 15.8. The molecule has 0 bridgehead atoms. The number of thiophene rings is 1. The molecule has 9 heteroatoms.